The number of pyridine rings is 2. The van der Waals surface area contributed by atoms with Crippen LogP contribution in [0.4, 0.5) is 11.8 Å². The van der Waals surface area contributed by atoms with Crippen LogP contribution >= 0.6 is 11.6 Å². The van der Waals surface area contributed by atoms with Crippen molar-refractivity contribution < 1.29 is 14.3 Å². The molecule has 3 heterocycles. The molecule has 0 spiro atoms. The lowest BCUT2D eigenvalue weighted by Crippen LogP contribution is -2.29. The summed E-state index contributed by atoms with van der Waals surface area (Å²) in [5, 5.41) is 8.12. The van der Waals surface area contributed by atoms with Crippen LogP contribution in [0.5, 0.6) is 0 Å². The van der Waals surface area contributed by atoms with E-state index in [0.717, 1.165) is 43.4 Å². The van der Waals surface area contributed by atoms with Gasteiger partial charge < -0.3 is 15.4 Å². The van der Waals surface area contributed by atoms with E-state index in [0.29, 0.717) is 28.6 Å². The molecule has 1 fully saturated rings. The number of Topliss-reactive ketones (excluding diaryl/α,β-unsaturated/α-hetero) is 1. The second kappa shape index (κ2) is 10.5. The second-order valence-corrected chi connectivity index (χ2v) is 8.32. The van der Waals surface area contributed by atoms with Crippen molar-refractivity contribution in [3.8, 4) is 0 Å². The minimum atomic E-state index is -0.897. The minimum Gasteiger partial charge on any atom is -0.460 e. The number of hydrogen-bond donors (Lipinski definition) is 2. The van der Waals surface area contributed by atoms with Crippen molar-refractivity contribution in [2.75, 3.05) is 23.8 Å². The molecule has 0 amide bonds. The van der Waals surface area contributed by atoms with Crippen molar-refractivity contribution in [3.05, 3.63) is 47.5 Å². The Bertz CT molecular complexity index is 1130. The molecule has 0 aliphatic heterocycles. The molecule has 0 radical (unpaired) electrons. The van der Waals surface area contributed by atoms with Gasteiger partial charge in [-0.2, -0.15) is 0 Å². The highest BCUT2D eigenvalue weighted by molar-refractivity contribution is 6.40. The van der Waals surface area contributed by atoms with Crippen LogP contribution in [-0.2, 0) is 9.53 Å². The lowest BCUT2D eigenvalue weighted by Gasteiger charge is -2.29. The van der Waals surface area contributed by atoms with Crippen LogP contribution in [0.25, 0.3) is 10.9 Å². The lowest BCUT2D eigenvalue weighted by molar-refractivity contribution is -0.137. The van der Waals surface area contributed by atoms with Crippen molar-refractivity contribution in [3.63, 3.8) is 0 Å². The van der Waals surface area contributed by atoms with E-state index >= 15 is 0 Å². The zero-order valence-corrected chi connectivity index (χ0v) is 19.0. The normalized spacial score (nSPS) is 18.0. The van der Waals surface area contributed by atoms with Crippen molar-refractivity contribution in [2.45, 2.75) is 38.6 Å². The number of nitrogens with one attached hydrogen (secondary N) is 2. The average molecular weight is 469 g/mol. The first-order valence-corrected chi connectivity index (χ1v) is 11.4. The second-order valence-electron chi connectivity index (χ2n) is 7.96. The van der Waals surface area contributed by atoms with Crippen LogP contribution in [0.1, 0.15) is 43.0 Å². The number of aromatic nitrogens is 4. The predicted molar refractivity (Wildman–Crippen MR) is 125 cm³/mol. The van der Waals surface area contributed by atoms with Crippen molar-refractivity contribution in [1.29, 1.82) is 0 Å². The maximum atomic E-state index is 11.9. The van der Waals surface area contributed by atoms with Crippen molar-refractivity contribution in [2.24, 2.45) is 5.92 Å². The van der Waals surface area contributed by atoms with Crippen LogP contribution in [0.15, 0.2) is 36.8 Å². The summed E-state index contributed by atoms with van der Waals surface area (Å²) in [5.41, 5.74) is 0.821. The molecule has 0 saturated heterocycles. The van der Waals surface area contributed by atoms with Crippen LogP contribution in [0.2, 0.25) is 5.15 Å². The first kappa shape index (κ1) is 22.8. The number of fused-ring (bicyclic) bond motifs is 1. The summed E-state index contributed by atoms with van der Waals surface area (Å²) >= 11 is 6.17. The fraction of sp³-hybridized carbons (Fsp3) is 0.391. The highest BCUT2D eigenvalue weighted by Gasteiger charge is 2.22. The van der Waals surface area contributed by atoms with E-state index in [1.54, 1.807) is 13.1 Å². The number of carbonyl (C=O) groups excluding carboxylic acids is 2. The van der Waals surface area contributed by atoms with Crippen LogP contribution in [0, 0.1) is 5.92 Å². The van der Waals surface area contributed by atoms with Gasteiger partial charge in [-0.3, -0.25) is 4.79 Å². The molecular weight excluding hydrogens is 444 g/mol. The molecule has 0 atom stereocenters. The topological polar surface area (TPSA) is 119 Å². The van der Waals surface area contributed by atoms with Crippen LogP contribution < -0.4 is 10.6 Å². The molecule has 4 rings (SSSR count). The summed E-state index contributed by atoms with van der Waals surface area (Å²) < 4.78 is 4.71. The fourth-order valence-electron chi connectivity index (χ4n) is 3.90. The van der Waals surface area contributed by atoms with Gasteiger partial charge in [-0.15, -0.1) is 0 Å². The van der Waals surface area contributed by atoms with E-state index in [-0.39, 0.29) is 12.2 Å². The Morgan fingerprint density at radius 1 is 1.09 bits per heavy atom. The highest BCUT2D eigenvalue weighted by Crippen LogP contribution is 2.27. The first-order chi connectivity index (χ1) is 16.0. The standard InChI is InChI=1S/C23H25ClN6O3/c1-2-33-22(32)20(31)16-12-27-23(28-13-16)26-11-14-3-6-17(7-4-14)29-18-8-5-15-9-10-25-21(24)19(15)30-18/h5,8-10,12-14,17H,2-4,6-7,11H2,1H3,(H,29,30)(H,26,27,28). The van der Waals surface area contributed by atoms with Gasteiger partial charge in [0, 0.05) is 36.6 Å². The molecule has 0 bridgehead atoms. The molecule has 3 aromatic heterocycles. The van der Waals surface area contributed by atoms with Gasteiger partial charge in [0.1, 0.15) is 11.3 Å². The summed E-state index contributed by atoms with van der Waals surface area (Å²) in [6.07, 6.45) is 8.53. The number of ketones is 1. The molecule has 2 N–H and O–H groups in total. The highest BCUT2D eigenvalue weighted by atomic mass is 35.5. The Morgan fingerprint density at radius 3 is 2.58 bits per heavy atom. The smallest absolute Gasteiger partial charge is 0.379 e. The number of rotatable bonds is 8. The molecule has 9 nitrogen and oxygen atoms in total. The third-order valence-corrected chi connectivity index (χ3v) is 5.96. The minimum absolute atomic E-state index is 0.116. The Balaban J connectivity index is 1.24. The summed E-state index contributed by atoms with van der Waals surface area (Å²) in [5.74, 6) is 0.0986. The molecule has 33 heavy (non-hydrogen) atoms. The third kappa shape index (κ3) is 5.73. The third-order valence-electron chi connectivity index (χ3n) is 5.69. The lowest BCUT2D eigenvalue weighted by atomic mass is 9.86. The van der Waals surface area contributed by atoms with Gasteiger partial charge in [0.15, 0.2) is 5.15 Å². The zero-order valence-electron chi connectivity index (χ0n) is 18.3. The molecule has 172 valence electrons. The van der Waals surface area contributed by atoms with Crippen molar-refractivity contribution >= 4 is 46.0 Å². The number of nitrogens with zero attached hydrogens (tertiary/aromatic N) is 4. The molecular formula is C23H25ClN6O3. The van der Waals surface area contributed by atoms with Gasteiger partial charge in [-0.05, 0) is 56.7 Å². The molecule has 0 unspecified atom stereocenters. The number of carbonyl (C=O) groups is 2. The summed E-state index contributed by atoms with van der Waals surface area (Å²) in [4.78, 5) is 40.4. The fourth-order valence-corrected chi connectivity index (χ4v) is 4.11. The van der Waals surface area contributed by atoms with E-state index in [9.17, 15) is 9.59 Å². The number of hydrogen-bond acceptors (Lipinski definition) is 9. The summed E-state index contributed by atoms with van der Waals surface area (Å²) in [7, 11) is 0. The molecule has 0 aromatic carbocycles. The molecule has 1 aliphatic carbocycles. The Labute approximate surface area is 196 Å². The predicted octanol–water partition coefficient (Wildman–Crippen LogP) is 3.90. The van der Waals surface area contributed by atoms with Gasteiger partial charge in [-0.1, -0.05) is 11.6 Å². The van der Waals surface area contributed by atoms with Crippen molar-refractivity contribution in [1.82, 2.24) is 19.9 Å². The van der Waals surface area contributed by atoms with E-state index < -0.39 is 11.8 Å². The average Bonchev–Trinajstić information content (AvgIpc) is 2.84. The maximum absolute atomic E-state index is 11.9. The maximum Gasteiger partial charge on any atom is 0.379 e. The van der Waals surface area contributed by atoms with E-state index in [1.807, 2.05) is 18.2 Å². The number of anilines is 2. The Kier molecular flexibility index (Phi) is 7.29. The first-order valence-electron chi connectivity index (χ1n) is 11.0. The molecule has 3 aromatic rings. The zero-order chi connectivity index (χ0) is 23.2. The number of halogens is 1. The summed E-state index contributed by atoms with van der Waals surface area (Å²) in [6.45, 7) is 2.53. The largest absolute Gasteiger partial charge is 0.460 e. The van der Waals surface area contributed by atoms with E-state index in [4.69, 9.17) is 16.3 Å². The van der Waals surface area contributed by atoms with Gasteiger partial charge >= 0.3 is 5.97 Å². The van der Waals surface area contributed by atoms with E-state index in [1.165, 1.54) is 12.4 Å². The van der Waals surface area contributed by atoms with E-state index in [2.05, 4.69) is 30.6 Å². The number of esters is 1. The van der Waals surface area contributed by atoms with Gasteiger partial charge in [0.05, 0.1) is 12.2 Å². The van der Waals surface area contributed by atoms with Crippen LogP contribution in [0.3, 0.4) is 0 Å². The monoisotopic (exact) mass is 468 g/mol. The Morgan fingerprint density at radius 2 is 1.85 bits per heavy atom. The SMILES string of the molecule is CCOC(=O)C(=O)c1cnc(NCC2CCC(Nc3ccc4ccnc(Cl)c4n3)CC2)nc1. The molecule has 10 heteroatoms. The molecule has 1 saturated carbocycles. The van der Waals surface area contributed by atoms with Gasteiger partial charge in [0.2, 0.25) is 5.95 Å². The number of ether oxygens (including phenoxy) is 1. The van der Waals surface area contributed by atoms with Gasteiger partial charge in [0.25, 0.3) is 5.78 Å². The quantitative estimate of drug-likeness (QED) is 0.219. The van der Waals surface area contributed by atoms with Crippen LogP contribution in [-0.4, -0.2) is 50.9 Å². The van der Waals surface area contributed by atoms with Gasteiger partial charge in [-0.25, -0.2) is 24.7 Å². The Hall–Kier alpha value is -3.33. The summed E-state index contributed by atoms with van der Waals surface area (Å²) in [6, 6.07) is 6.22. The molecule has 1 aliphatic rings.